The molecule has 1 aromatic heterocycles. The van der Waals surface area contributed by atoms with Crippen molar-refractivity contribution in [2.75, 3.05) is 26.2 Å². The van der Waals surface area contributed by atoms with Gasteiger partial charge in [0, 0.05) is 44.8 Å². The molecule has 20 heavy (non-hydrogen) atoms. The van der Waals surface area contributed by atoms with Gasteiger partial charge in [0.2, 0.25) is 0 Å². The number of rotatable bonds is 3. The molecule has 1 fully saturated rings. The van der Waals surface area contributed by atoms with Gasteiger partial charge < -0.3 is 0 Å². The van der Waals surface area contributed by atoms with E-state index in [2.05, 4.69) is 70.1 Å². The van der Waals surface area contributed by atoms with Gasteiger partial charge in [0.1, 0.15) is 0 Å². The minimum Gasteiger partial charge on any atom is -0.296 e. The summed E-state index contributed by atoms with van der Waals surface area (Å²) < 4.78 is 3.30. The molecule has 2 rings (SSSR count). The van der Waals surface area contributed by atoms with Crippen molar-refractivity contribution < 1.29 is 0 Å². The van der Waals surface area contributed by atoms with Crippen LogP contribution in [-0.2, 0) is 13.1 Å². The molecule has 0 spiro atoms. The van der Waals surface area contributed by atoms with Crippen molar-refractivity contribution in [2.24, 2.45) is 0 Å². The first-order chi connectivity index (χ1) is 9.32. The van der Waals surface area contributed by atoms with E-state index in [0.717, 1.165) is 45.0 Å². The van der Waals surface area contributed by atoms with E-state index >= 15 is 0 Å². The Hall–Kier alpha value is -0.390. The molecule has 0 aliphatic carbocycles. The first kappa shape index (κ1) is 16.0. The van der Waals surface area contributed by atoms with Gasteiger partial charge in [-0.05, 0) is 50.5 Å². The van der Waals surface area contributed by atoms with Crippen LogP contribution in [0.3, 0.4) is 0 Å². The van der Waals surface area contributed by atoms with Gasteiger partial charge in [-0.15, -0.1) is 0 Å². The van der Waals surface area contributed by atoms with E-state index in [9.17, 15) is 0 Å². The number of piperazine rings is 1. The van der Waals surface area contributed by atoms with Gasteiger partial charge in [-0.25, -0.2) is 0 Å². The SMILES string of the molecule is CCn1nc(C)c(Br)c1CN1CCN(C(C)(C)C)CC1. The van der Waals surface area contributed by atoms with Crippen LogP contribution < -0.4 is 0 Å². The van der Waals surface area contributed by atoms with E-state index in [0.29, 0.717) is 0 Å². The second-order valence-electron chi connectivity index (χ2n) is 6.60. The molecule has 0 atom stereocenters. The number of hydrogen-bond donors (Lipinski definition) is 0. The second kappa shape index (κ2) is 6.16. The smallest absolute Gasteiger partial charge is 0.0739 e. The maximum Gasteiger partial charge on any atom is 0.0739 e. The maximum absolute atomic E-state index is 4.58. The van der Waals surface area contributed by atoms with Crippen LogP contribution in [0.5, 0.6) is 0 Å². The molecule has 2 heterocycles. The van der Waals surface area contributed by atoms with Crippen LogP contribution in [0.1, 0.15) is 39.1 Å². The zero-order valence-electron chi connectivity index (χ0n) is 13.4. The van der Waals surface area contributed by atoms with Crippen molar-refractivity contribution in [1.82, 2.24) is 19.6 Å². The number of halogens is 1. The Kier molecular flexibility index (Phi) is 4.92. The number of aryl methyl sites for hydroxylation is 2. The van der Waals surface area contributed by atoms with Gasteiger partial charge in [0.15, 0.2) is 0 Å². The Labute approximate surface area is 131 Å². The first-order valence-electron chi connectivity index (χ1n) is 7.52. The molecular formula is C15H27BrN4. The summed E-state index contributed by atoms with van der Waals surface area (Å²) in [5.41, 5.74) is 2.69. The quantitative estimate of drug-likeness (QED) is 0.844. The lowest BCUT2D eigenvalue weighted by Gasteiger charge is -2.42. The molecule has 0 radical (unpaired) electrons. The van der Waals surface area contributed by atoms with Crippen molar-refractivity contribution >= 4 is 15.9 Å². The van der Waals surface area contributed by atoms with E-state index in [1.165, 1.54) is 10.2 Å². The number of aromatic nitrogens is 2. The normalized spacial score (nSPS) is 18.7. The molecule has 0 bridgehead atoms. The molecule has 1 aromatic rings. The van der Waals surface area contributed by atoms with E-state index in [1.807, 2.05) is 0 Å². The second-order valence-corrected chi connectivity index (χ2v) is 7.39. The topological polar surface area (TPSA) is 24.3 Å². The summed E-state index contributed by atoms with van der Waals surface area (Å²) in [5.74, 6) is 0. The van der Waals surface area contributed by atoms with Gasteiger partial charge in [-0.2, -0.15) is 5.10 Å². The summed E-state index contributed by atoms with van der Waals surface area (Å²) in [4.78, 5) is 5.11. The minimum atomic E-state index is 0.286. The van der Waals surface area contributed by atoms with Crippen molar-refractivity contribution in [3.05, 3.63) is 15.9 Å². The van der Waals surface area contributed by atoms with Crippen molar-refractivity contribution in [3.8, 4) is 0 Å². The average Bonchev–Trinajstić information content (AvgIpc) is 2.66. The summed E-state index contributed by atoms with van der Waals surface area (Å²) >= 11 is 3.69. The fraction of sp³-hybridized carbons (Fsp3) is 0.800. The molecule has 4 nitrogen and oxygen atoms in total. The van der Waals surface area contributed by atoms with Crippen LogP contribution in [0, 0.1) is 6.92 Å². The van der Waals surface area contributed by atoms with E-state index < -0.39 is 0 Å². The fourth-order valence-corrected chi connectivity index (χ4v) is 3.22. The lowest BCUT2D eigenvalue weighted by atomic mass is 10.0. The first-order valence-corrected chi connectivity index (χ1v) is 8.31. The summed E-state index contributed by atoms with van der Waals surface area (Å²) in [5, 5.41) is 4.58. The average molecular weight is 343 g/mol. The Balaban J connectivity index is 2.00. The molecule has 5 heteroatoms. The molecule has 0 aromatic carbocycles. The van der Waals surface area contributed by atoms with Gasteiger partial charge >= 0.3 is 0 Å². The Morgan fingerprint density at radius 1 is 1.15 bits per heavy atom. The lowest BCUT2D eigenvalue weighted by molar-refractivity contribution is 0.0579. The van der Waals surface area contributed by atoms with Gasteiger partial charge in [-0.1, -0.05) is 0 Å². The minimum absolute atomic E-state index is 0.286. The fourth-order valence-electron chi connectivity index (χ4n) is 2.81. The van der Waals surface area contributed by atoms with E-state index in [4.69, 9.17) is 0 Å². The summed E-state index contributed by atoms with van der Waals surface area (Å²) in [7, 11) is 0. The Bertz CT molecular complexity index is 453. The number of nitrogens with zero attached hydrogens (tertiary/aromatic N) is 4. The van der Waals surface area contributed by atoms with Crippen LogP contribution >= 0.6 is 15.9 Å². The monoisotopic (exact) mass is 342 g/mol. The third-order valence-corrected chi connectivity index (χ3v) is 5.18. The van der Waals surface area contributed by atoms with Gasteiger partial charge in [-0.3, -0.25) is 14.5 Å². The highest BCUT2D eigenvalue weighted by Crippen LogP contribution is 2.24. The van der Waals surface area contributed by atoms with Crippen molar-refractivity contribution in [2.45, 2.75) is 53.2 Å². The zero-order chi connectivity index (χ0) is 14.9. The van der Waals surface area contributed by atoms with Crippen LogP contribution in [0.25, 0.3) is 0 Å². The van der Waals surface area contributed by atoms with Crippen LogP contribution in [0.2, 0.25) is 0 Å². The predicted octanol–water partition coefficient (Wildman–Crippen LogP) is 2.89. The lowest BCUT2D eigenvalue weighted by Crippen LogP contribution is -2.53. The van der Waals surface area contributed by atoms with Gasteiger partial charge in [0.25, 0.3) is 0 Å². The molecule has 0 N–H and O–H groups in total. The molecule has 1 aliphatic heterocycles. The standard InChI is InChI=1S/C15H27BrN4/c1-6-20-13(14(16)12(2)17-20)11-18-7-9-19(10-8-18)15(3,4)5/h6-11H2,1-5H3. The van der Waals surface area contributed by atoms with E-state index in [-0.39, 0.29) is 5.54 Å². The van der Waals surface area contributed by atoms with Crippen LogP contribution in [0.4, 0.5) is 0 Å². The summed E-state index contributed by atoms with van der Waals surface area (Å²) in [6.07, 6.45) is 0. The third-order valence-electron chi connectivity index (χ3n) is 4.15. The highest BCUT2D eigenvalue weighted by atomic mass is 79.9. The molecule has 114 valence electrons. The molecule has 0 saturated carbocycles. The van der Waals surface area contributed by atoms with Crippen LogP contribution in [-0.4, -0.2) is 51.3 Å². The van der Waals surface area contributed by atoms with Gasteiger partial charge in [0.05, 0.1) is 15.9 Å². The molecule has 1 saturated heterocycles. The zero-order valence-corrected chi connectivity index (χ0v) is 15.0. The molecule has 0 amide bonds. The van der Waals surface area contributed by atoms with Crippen molar-refractivity contribution in [1.29, 1.82) is 0 Å². The molecular weight excluding hydrogens is 316 g/mol. The van der Waals surface area contributed by atoms with Crippen LogP contribution in [0.15, 0.2) is 4.47 Å². The summed E-state index contributed by atoms with van der Waals surface area (Å²) in [6, 6.07) is 0. The Morgan fingerprint density at radius 2 is 1.75 bits per heavy atom. The van der Waals surface area contributed by atoms with E-state index in [1.54, 1.807) is 0 Å². The molecule has 1 aliphatic rings. The molecule has 0 unspecified atom stereocenters. The number of hydrogen-bond acceptors (Lipinski definition) is 3. The maximum atomic E-state index is 4.58. The Morgan fingerprint density at radius 3 is 2.25 bits per heavy atom. The van der Waals surface area contributed by atoms with Crippen molar-refractivity contribution in [3.63, 3.8) is 0 Å². The third kappa shape index (κ3) is 3.43. The summed E-state index contributed by atoms with van der Waals surface area (Å²) in [6.45, 7) is 17.6. The largest absolute Gasteiger partial charge is 0.296 e. The highest BCUT2D eigenvalue weighted by molar-refractivity contribution is 9.10. The predicted molar refractivity (Wildman–Crippen MR) is 86.9 cm³/mol. The highest BCUT2D eigenvalue weighted by Gasteiger charge is 2.26.